The Labute approximate surface area is 217 Å². The van der Waals surface area contributed by atoms with E-state index >= 15 is 0 Å². The van der Waals surface area contributed by atoms with Gasteiger partial charge in [0.1, 0.15) is 0 Å². The second-order valence-electron chi connectivity index (χ2n) is 8.23. The van der Waals surface area contributed by atoms with E-state index in [2.05, 4.69) is 25.9 Å². The van der Waals surface area contributed by atoms with E-state index in [1.807, 2.05) is 6.92 Å². The van der Waals surface area contributed by atoms with Gasteiger partial charge in [-0.1, -0.05) is 6.92 Å². The first kappa shape index (κ1) is 26.5. The minimum Gasteiger partial charge on any atom is -0.494 e. The van der Waals surface area contributed by atoms with Crippen molar-refractivity contribution in [3.05, 3.63) is 71.7 Å². The standard InChI is InChI=1S/C26H27F2N7O3/c1-3-15-12-16(4-5-17(15)26(37)33-14-21(36)30-9-8-29)34-24-25-32-13-19(35(25)11-10-31-24)18-6-7-20(38-2)23(28)22(18)27/h4-7,10-13H,3,8-9,14,29H2,1-2H3,(H,30,36)(H,31,34)(H,33,37). The fraction of sp³-hybridized carbons (Fsp3) is 0.231. The van der Waals surface area contributed by atoms with Crippen LogP contribution in [0.2, 0.25) is 0 Å². The molecule has 2 amide bonds. The van der Waals surface area contributed by atoms with Crippen LogP contribution in [0.3, 0.4) is 0 Å². The number of aromatic nitrogens is 3. The number of imidazole rings is 1. The third kappa shape index (κ3) is 5.39. The molecule has 0 aliphatic rings. The van der Waals surface area contributed by atoms with E-state index in [4.69, 9.17) is 10.5 Å². The molecule has 5 N–H and O–H groups in total. The van der Waals surface area contributed by atoms with Gasteiger partial charge in [-0.05, 0) is 42.3 Å². The number of hydrogen-bond acceptors (Lipinski definition) is 7. The zero-order valence-corrected chi connectivity index (χ0v) is 20.8. The Morgan fingerprint density at radius 2 is 1.92 bits per heavy atom. The van der Waals surface area contributed by atoms with Crippen LogP contribution in [0.4, 0.5) is 20.3 Å². The molecule has 0 bridgehead atoms. The van der Waals surface area contributed by atoms with Crippen LogP contribution in [-0.4, -0.2) is 52.9 Å². The number of anilines is 2. The molecule has 12 heteroatoms. The van der Waals surface area contributed by atoms with Crippen molar-refractivity contribution >= 4 is 29.0 Å². The normalized spacial score (nSPS) is 10.9. The van der Waals surface area contributed by atoms with Crippen molar-refractivity contribution < 1.29 is 23.1 Å². The number of methoxy groups -OCH3 is 1. The third-order valence-corrected chi connectivity index (χ3v) is 5.84. The van der Waals surface area contributed by atoms with Crippen LogP contribution in [0.1, 0.15) is 22.8 Å². The van der Waals surface area contributed by atoms with E-state index in [-0.39, 0.29) is 29.7 Å². The quantitative estimate of drug-likeness (QED) is 0.251. The lowest BCUT2D eigenvalue weighted by molar-refractivity contribution is -0.120. The van der Waals surface area contributed by atoms with Crippen molar-refractivity contribution in [1.29, 1.82) is 0 Å². The minimum absolute atomic E-state index is 0.0216. The second-order valence-corrected chi connectivity index (χ2v) is 8.23. The predicted molar refractivity (Wildman–Crippen MR) is 138 cm³/mol. The SMILES string of the molecule is CCc1cc(Nc2nccn3c(-c4ccc(OC)c(F)c4F)cnc23)ccc1C(=O)NCC(=O)NCCN. The Morgan fingerprint density at radius 1 is 1.11 bits per heavy atom. The maximum Gasteiger partial charge on any atom is 0.251 e. The molecule has 10 nitrogen and oxygen atoms in total. The number of benzene rings is 2. The molecule has 2 aromatic heterocycles. The maximum absolute atomic E-state index is 14.7. The molecule has 0 fully saturated rings. The summed E-state index contributed by atoms with van der Waals surface area (Å²) in [4.78, 5) is 33.1. The van der Waals surface area contributed by atoms with Crippen LogP contribution in [0.5, 0.6) is 5.75 Å². The minimum atomic E-state index is -1.08. The highest BCUT2D eigenvalue weighted by molar-refractivity contribution is 5.98. The van der Waals surface area contributed by atoms with Crippen molar-refractivity contribution in [3.63, 3.8) is 0 Å². The van der Waals surface area contributed by atoms with E-state index in [0.29, 0.717) is 47.9 Å². The first-order valence-electron chi connectivity index (χ1n) is 11.9. The van der Waals surface area contributed by atoms with Crippen molar-refractivity contribution in [2.24, 2.45) is 5.73 Å². The monoisotopic (exact) mass is 523 g/mol. The van der Waals surface area contributed by atoms with Gasteiger partial charge in [0.2, 0.25) is 11.7 Å². The molecular weight excluding hydrogens is 496 g/mol. The maximum atomic E-state index is 14.7. The molecule has 2 aromatic carbocycles. The highest BCUT2D eigenvalue weighted by atomic mass is 19.2. The van der Waals surface area contributed by atoms with Gasteiger partial charge >= 0.3 is 0 Å². The zero-order chi connectivity index (χ0) is 27.2. The van der Waals surface area contributed by atoms with Gasteiger partial charge in [-0.3, -0.25) is 14.0 Å². The van der Waals surface area contributed by atoms with Gasteiger partial charge in [0.05, 0.1) is 25.5 Å². The van der Waals surface area contributed by atoms with Crippen LogP contribution in [-0.2, 0) is 11.2 Å². The van der Waals surface area contributed by atoms with E-state index in [1.165, 1.54) is 31.6 Å². The fourth-order valence-corrected chi connectivity index (χ4v) is 3.95. The second kappa shape index (κ2) is 11.6. The summed E-state index contributed by atoms with van der Waals surface area (Å²) in [5.41, 5.74) is 7.94. The molecule has 4 aromatic rings. The topological polar surface area (TPSA) is 136 Å². The highest BCUT2D eigenvalue weighted by Gasteiger charge is 2.19. The lowest BCUT2D eigenvalue weighted by Crippen LogP contribution is -2.39. The Bertz CT molecular complexity index is 1490. The number of rotatable bonds is 10. The van der Waals surface area contributed by atoms with E-state index in [0.717, 1.165) is 5.56 Å². The number of nitrogens with one attached hydrogen (secondary N) is 3. The number of nitrogens with two attached hydrogens (primary N) is 1. The van der Waals surface area contributed by atoms with Gasteiger partial charge < -0.3 is 26.4 Å². The van der Waals surface area contributed by atoms with Gasteiger partial charge in [0, 0.05) is 42.3 Å². The molecule has 0 aliphatic heterocycles. The van der Waals surface area contributed by atoms with Crippen LogP contribution < -0.4 is 26.4 Å². The van der Waals surface area contributed by atoms with Crippen LogP contribution in [0.25, 0.3) is 16.9 Å². The van der Waals surface area contributed by atoms with Crippen molar-refractivity contribution in [3.8, 4) is 17.0 Å². The highest BCUT2D eigenvalue weighted by Crippen LogP contribution is 2.31. The molecule has 38 heavy (non-hydrogen) atoms. The molecule has 0 saturated heterocycles. The molecule has 4 rings (SSSR count). The number of amides is 2. The summed E-state index contributed by atoms with van der Waals surface area (Å²) < 4.78 is 35.5. The molecule has 2 heterocycles. The van der Waals surface area contributed by atoms with Crippen LogP contribution >= 0.6 is 0 Å². The van der Waals surface area contributed by atoms with Gasteiger partial charge in [-0.2, -0.15) is 4.39 Å². The molecule has 198 valence electrons. The summed E-state index contributed by atoms with van der Waals surface area (Å²) in [6.07, 6.45) is 5.10. The Kier molecular flexibility index (Phi) is 8.12. The zero-order valence-electron chi connectivity index (χ0n) is 20.8. The first-order chi connectivity index (χ1) is 18.4. The average Bonchev–Trinajstić information content (AvgIpc) is 3.36. The van der Waals surface area contributed by atoms with E-state index in [1.54, 1.807) is 28.8 Å². The number of carbonyl (C=O) groups excluding carboxylic acids is 2. The Morgan fingerprint density at radius 3 is 2.66 bits per heavy atom. The number of carbonyl (C=O) groups is 2. The predicted octanol–water partition coefficient (Wildman–Crippen LogP) is 2.79. The van der Waals surface area contributed by atoms with E-state index < -0.39 is 11.6 Å². The number of nitrogens with zero attached hydrogens (tertiary/aromatic N) is 3. The van der Waals surface area contributed by atoms with Gasteiger partial charge in [0.15, 0.2) is 23.0 Å². The number of fused-ring (bicyclic) bond motifs is 1. The lowest BCUT2D eigenvalue weighted by atomic mass is 10.0. The summed E-state index contributed by atoms with van der Waals surface area (Å²) >= 11 is 0. The summed E-state index contributed by atoms with van der Waals surface area (Å²) in [5.74, 6) is -2.64. The van der Waals surface area contributed by atoms with Crippen molar-refractivity contribution in [2.75, 3.05) is 32.1 Å². The van der Waals surface area contributed by atoms with Gasteiger partial charge in [0.25, 0.3) is 5.91 Å². The molecule has 0 aliphatic carbocycles. The molecule has 0 unspecified atom stereocenters. The lowest BCUT2D eigenvalue weighted by Gasteiger charge is -2.13. The van der Waals surface area contributed by atoms with Crippen molar-refractivity contribution in [1.82, 2.24) is 25.0 Å². The summed E-state index contributed by atoms with van der Waals surface area (Å²) in [7, 11) is 1.27. The largest absolute Gasteiger partial charge is 0.494 e. The van der Waals surface area contributed by atoms with Crippen molar-refractivity contribution in [2.45, 2.75) is 13.3 Å². The van der Waals surface area contributed by atoms with Gasteiger partial charge in [-0.25, -0.2) is 14.4 Å². The molecular formula is C26H27F2N7O3. The Balaban J connectivity index is 1.57. The number of hydrogen-bond donors (Lipinski definition) is 4. The first-order valence-corrected chi connectivity index (χ1v) is 11.9. The third-order valence-electron chi connectivity index (χ3n) is 5.84. The van der Waals surface area contributed by atoms with E-state index in [9.17, 15) is 18.4 Å². The smallest absolute Gasteiger partial charge is 0.251 e. The molecule has 0 atom stereocenters. The van der Waals surface area contributed by atoms with Gasteiger partial charge in [-0.15, -0.1) is 0 Å². The number of ether oxygens (including phenoxy) is 1. The summed E-state index contributed by atoms with van der Waals surface area (Å²) in [6, 6.07) is 7.94. The van der Waals surface area contributed by atoms with Crippen LogP contribution in [0.15, 0.2) is 48.9 Å². The number of aryl methyl sites for hydroxylation is 1. The average molecular weight is 524 g/mol. The summed E-state index contributed by atoms with van der Waals surface area (Å²) in [5, 5.41) is 8.38. The number of halogens is 2. The Hall–Kier alpha value is -4.58. The fourth-order valence-electron chi connectivity index (χ4n) is 3.95. The molecule has 0 radical (unpaired) electrons. The molecule has 0 spiro atoms. The molecule has 0 saturated carbocycles. The summed E-state index contributed by atoms with van der Waals surface area (Å²) in [6.45, 7) is 2.40. The van der Waals surface area contributed by atoms with Crippen LogP contribution in [0, 0.1) is 11.6 Å².